The summed E-state index contributed by atoms with van der Waals surface area (Å²) in [5.74, 6) is 1.25. The van der Waals surface area contributed by atoms with Gasteiger partial charge in [0.05, 0.1) is 5.01 Å². The molecular formula is C17H23N5OS. The van der Waals surface area contributed by atoms with E-state index in [0.29, 0.717) is 17.8 Å². The van der Waals surface area contributed by atoms with Gasteiger partial charge in [0.2, 0.25) is 0 Å². The van der Waals surface area contributed by atoms with Crippen molar-refractivity contribution in [2.24, 2.45) is 0 Å². The van der Waals surface area contributed by atoms with E-state index in [9.17, 15) is 4.79 Å². The van der Waals surface area contributed by atoms with Crippen molar-refractivity contribution in [2.75, 3.05) is 18.0 Å². The molecule has 2 aromatic heterocycles. The number of hydrogen-bond donors (Lipinski definition) is 2. The van der Waals surface area contributed by atoms with E-state index in [1.807, 2.05) is 17.5 Å². The molecule has 4 rings (SSSR count). The minimum Gasteiger partial charge on any atom is -0.350 e. The van der Waals surface area contributed by atoms with Crippen LogP contribution in [-0.2, 0) is 6.54 Å². The van der Waals surface area contributed by atoms with Gasteiger partial charge in [-0.25, -0.2) is 9.97 Å². The zero-order chi connectivity index (χ0) is 16.4. The number of nitrogens with zero attached hydrogens (tertiary/aromatic N) is 3. The average molecular weight is 345 g/mol. The van der Waals surface area contributed by atoms with Crippen LogP contribution in [0.2, 0.25) is 0 Å². The van der Waals surface area contributed by atoms with E-state index >= 15 is 0 Å². The molecule has 1 unspecified atom stereocenters. The highest BCUT2D eigenvalue weighted by Gasteiger charge is 2.24. The Balaban J connectivity index is 1.34. The summed E-state index contributed by atoms with van der Waals surface area (Å²) in [7, 11) is 0. The van der Waals surface area contributed by atoms with Crippen LogP contribution in [0.4, 0.5) is 5.82 Å². The Morgan fingerprint density at radius 1 is 1.29 bits per heavy atom. The smallest absolute Gasteiger partial charge is 0.290 e. The molecule has 24 heavy (non-hydrogen) atoms. The normalized spacial score (nSPS) is 21.7. The lowest BCUT2D eigenvalue weighted by atomic mass is 9.86. The second kappa shape index (κ2) is 7.03. The molecule has 128 valence electrons. The Kier molecular flexibility index (Phi) is 4.62. The van der Waals surface area contributed by atoms with E-state index in [1.165, 1.54) is 29.1 Å². The molecule has 2 N–H and O–H groups in total. The molecule has 6 nitrogen and oxygen atoms in total. The topological polar surface area (TPSA) is 73.9 Å². The summed E-state index contributed by atoms with van der Waals surface area (Å²) < 4.78 is 0. The minimum absolute atomic E-state index is 0.106. The molecule has 1 saturated heterocycles. The number of H-pyrrole nitrogens is 1. The summed E-state index contributed by atoms with van der Waals surface area (Å²) >= 11 is 1.85. The monoisotopic (exact) mass is 345 g/mol. The molecule has 0 radical (unpaired) electrons. The third kappa shape index (κ3) is 3.37. The van der Waals surface area contributed by atoms with E-state index in [1.54, 1.807) is 12.4 Å². The largest absolute Gasteiger partial charge is 0.350 e. The first-order valence-corrected chi connectivity index (χ1v) is 9.58. The van der Waals surface area contributed by atoms with Crippen LogP contribution in [-0.4, -0.2) is 34.1 Å². The van der Waals surface area contributed by atoms with Gasteiger partial charge in [-0.1, -0.05) is 6.42 Å². The number of anilines is 1. The first kappa shape index (κ1) is 15.8. The summed E-state index contributed by atoms with van der Waals surface area (Å²) in [5.41, 5.74) is -0.106. The molecule has 1 saturated carbocycles. The van der Waals surface area contributed by atoms with E-state index in [2.05, 4.69) is 25.2 Å². The molecule has 2 aliphatic rings. The lowest BCUT2D eigenvalue weighted by Crippen LogP contribution is -2.47. The first-order chi connectivity index (χ1) is 11.8. The van der Waals surface area contributed by atoms with Crippen LogP contribution in [0.25, 0.3) is 0 Å². The number of rotatable bonds is 5. The maximum absolute atomic E-state index is 11.9. The zero-order valence-electron chi connectivity index (χ0n) is 13.7. The Morgan fingerprint density at radius 2 is 2.21 bits per heavy atom. The van der Waals surface area contributed by atoms with E-state index in [0.717, 1.165) is 32.5 Å². The Morgan fingerprint density at radius 3 is 3.00 bits per heavy atom. The molecule has 1 aliphatic heterocycles. The van der Waals surface area contributed by atoms with Gasteiger partial charge in [0.1, 0.15) is 0 Å². The fourth-order valence-electron chi connectivity index (χ4n) is 3.40. The minimum atomic E-state index is -0.106. The predicted octanol–water partition coefficient (Wildman–Crippen LogP) is 2.25. The molecule has 0 spiro atoms. The molecule has 0 amide bonds. The van der Waals surface area contributed by atoms with Crippen LogP contribution in [0.3, 0.4) is 0 Å². The van der Waals surface area contributed by atoms with Gasteiger partial charge in [0, 0.05) is 55.1 Å². The van der Waals surface area contributed by atoms with Crippen molar-refractivity contribution in [3.63, 3.8) is 0 Å². The number of aromatic amines is 1. The number of aromatic nitrogens is 3. The van der Waals surface area contributed by atoms with Crippen LogP contribution in [0.1, 0.15) is 47.9 Å². The van der Waals surface area contributed by atoms with Gasteiger partial charge in [0.25, 0.3) is 5.56 Å². The van der Waals surface area contributed by atoms with Gasteiger partial charge in [-0.2, -0.15) is 0 Å². The van der Waals surface area contributed by atoms with Crippen molar-refractivity contribution in [3.8, 4) is 0 Å². The SMILES string of the molecule is O=c1[nH]ccnc1N1CCCC(NCc2cnc(C3CCC3)s2)C1. The fourth-order valence-corrected chi connectivity index (χ4v) is 4.44. The number of piperidine rings is 1. The number of hydrogen-bond acceptors (Lipinski definition) is 6. The molecule has 3 heterocycles. The van der Waals surface area contributed by atoms with Crippen LogP contribution in [0.15, 0.2) is 23.4 Å². The lowest BCUT2D eigenvalue weighted by molar-refractivity contribution is 0.418. The van der Waals surface area contributed by atoms with Crippen molar-refractivity contribution in [3.05, 3.63) is 38.8 Å². The van der Waals surface area contributed by atoms with Crippen LogP contribution >= 0.6 is 11.3 Å². The van der Waals surface area contributed by atoms with Crippen LogP contribution in [0, 0.1) is 0 Å². The van der Waals surface area contributed by atoms with E-state index in [-0.39, 0.29) is 5.56 Å². The maximum Gasteiger partial charge on any atom is 0.290 e. The van der Waals surface area contributed by atoms with Crippen molar-refractivity contribution < 1.29 is 0 Å². The average Bonchev–Trinajstić information content (AvgIpc) is 3.00. The van der Waals surface area contributed by atoms with Crippen LogP contribution < -0.4 is 15.8 Å². The second-order valence-electron chi connectivity index (χ2n) is 6.70. The summed E-state index contributed by atoms with van der Waals surface area (Å²) in [6, 6.07) is 0.384. The molecule has 1 aliphatic carbocycles. The van der Waals surface area contributed by atoms with Crippen LogP contribution in [0.5, 0.6) is 0 Å². The lowest BCUT2D eigenvalue weighted by Gasteiger charge is -2.33. The fraction of sp³-hybridized carbons (Fsp3) is 0.588. The van der Waals surface area contributed by atoms with Gasteiger partial charge in [-0.15, -0.1) is 11.3 Å². The summed E-state index contributed by atoms with van der Waals surface area (Å²) in [6.07, 6.45) is 11.4. The predicted molar refractivity (Wildman–Crippen MR) is 95.6 cm³/mol. The molecule has 2 aromatic rings. The van der Waals surface area contributed by atoms with Gasteiger partial charge >= 0.3 is 0 Å². The standard InChI is InChI=1S/C17H23N5OS/c23-16-15(18-6-7-19-16)22-8-2-5-13(11-22)20-9-14-10-21-17(24-14)12-3-1-4-12/h6-7,10,12-13,20H,1-5,8-9,11H2,(H,19,23). The van der Waals surface area contributed by atoms with E-state index in [4.69, 9.17) is 0 Å². The molecule has 0 bridgehead atoms. The number of nitrogens with one attached hydrogen (secondary N) is 2. The summed E-state index contributed by atoms with van der Waals surface area (Å²) in [6.45, 7) is 2.58. The van der Waals surface area contributed by atoms with Gasteiger partial charge < -0.3 is 15.2 Å². The van der Waals surface area contributed by atoms with Gasteiger partial charge in [-0.3, -0.25) is 4.79 Å². The van der Waals surface area contributed by atoms with Crippen molar-refractivity contribution in [1.29, 1.82) is 0 Å². The molecule has 1 atom stereocenters. The molecular weight excluding hydrogens is 322 g/mol. The molecule has 7 heteroatoms. The third-order valence-corrected chi connectivity index (χ3v) is 6.16. The number of thiazole rings is 1. The Hall–Kier alpha value is -1.73. The highest BCUT2D eigenvalue weighted by atomic mass is 32.1. The van der Waals surface area contributed by atoms with Gasteiger partial charge in [-0.05, 0) is 25.7 Å². The third-order valence-electron chi connectivity index (χ3n) is 5.00. The van der Waals surface area contributed by atoms with Crippen molar-refractivity contribution >= 4 is 17.2 Å². The quantitative estimate of drug-likeness (QED) is 0.869. The first-order valence-electron chi connectivity index (χ1n) is 8.76. The second-order valence-corrected chi connectivity index (χ2v) is 7.85. The molecule has 0 aromatic carbocycles. The Labute approximate surface area is 145 Å². The molecule has 2 fully saturated rings. The summed E-state index contributed by atoms with van der Waals surface area (Å²) in [5, 5.41) is 4.94. The highest BCUT2D eigenvalue weighted by molar-refractivity contribution is 7.11. The summed E-state index contributed by atoms with van der Waals surface area (Å²) in [4.78, 5) is 26.9. The maximum atomic E-state index is 11.9. The Bertz CT molecular complexity index is 738. The van der Waals surface area contributed by atoms with Crippen molar-refractivity contribution in [2.45, 2.75) is 50.6 Å². The highest BCUT2D eigenvalue weighted by Crippen LogP contribution is 2.38. The van der Waals surface area contributed by atoms with E-state index < -0.39 is 0 Å². The zero-order valence-corrected chi connectivity index (χ0v) is 14.5. The van der Waals surface area contributed by atoms with Crippen molar-refractivity contribution in [1.82, 2.24) is 20.3 Å². The van der Waals surface area contributed by atoms with Gasteiger partial charge in [0.15, 0.2) is 5.82 Å².